The van der Waals surface area contributed by atoms with Gasteiger partial charge in [0.15, 0.2) is 4.87 Å². The van der Waals surface area contributed by atoms with Gasteiger partial charge >= 0.3 is 0 Å². The van der Waals surface area contributed by atoms with Gasteiger partial charge < -0.3 is 9.80 Å². The van der Waals surface area contributed by atoms with E-state index in [0.717, 1.165) is 22.4 Å². The van der Waals surface area contributed by atoms with Gasteiger partial charge in [0.1, 0.15) is 0 Å². The molecule has 2 aliphatic rings. The molecule has 0 radical (unpaired) electrons. The number of amides is 2. The highest BCUT2D eigenvalue weighted by molar-refractivity contribution is 8.01. The van der Waals surface area contributed by atoms with Crippen LogP contribution in [-0.4, -0.2) is 29.0 Å². The summed E-state index contributed by atoms with van der Waals surface area (Å²) in [6.45, 7) is 2.90. The normalized spacial score (nSPS) is 19.9. The Morgan fingerprint density at radius 2 is 1.81 bits per heavy atom. The molecule has 0 bridgehead atoms. The van der Waals surface area contributed by atoms with Gasteiger partial charge in [0, 0.05) is 28.4 Å². The minimum Gasteiger partial charge on any atom is -0.311 e. The van der Waals surface area contributed by atoms with Crippen molar-refractivity contribution in [2.75, 3.05) is 17.2 Å². The number of carbonyl (C=O) groups is 2. The summed E-state index contributed by atoms with van der Waals surface area (Å²) in [5, 5.41) is 0.626. The van der Waals surface area contributed by atoms with Gasteiger partial charge in [0.2, 0.25) is 0 Å². The van der Waals surface area contributed by atoms with E-state index in [-0.39, 0.29) is 11.8 Å². The third-order valence-electron chi connectivity index (χ3n) is 5.90. The molecule has 156 valence electrons. The van der Waals surface area contributed by atoms with E-state index in [0.29, 0.717) is 29.4 Å². The lowest BCUT2D eigenvalue weighted by Crippen LogP contribution is -2.50. The van der Waals surface area contributed by atoms with Crippen molar-refractivity contribution in [3.8, 4) is 0 Å². The van der Waals surface area contributed by atoms with E-state index in [1.165, 1.54) is 0 Å². The largest absolute Gasteiger partial charge is 0.311 e. The van der Waals surface area contributed by atoms with E-state index in [1.807, 2.05) is 67.6 Å². The van der Waals surface area contributed by atoms with Crippen LogP contribution in [0.25, 0.3) is 0 Å². The third-order valence-corrected chi connectivity index (χ3v) is 7.69. The Bertz CT molecular complexity index is 1180. The Labute approximate surface area is 190 Å². The number of nitrogens with zero attached hydrogens (tertiary/aromatic N) is 2. The number of aryl methyl sites for hydroxylation is 1. The van der Waals surface area contributed by atoms with Gasteiger partial charge in [-0.25, -0.2) is 0 Å². The summed E-state index contributed by atoms with van der Waals surface area (Å²) in [6, 6.07) is 22.8. The fraction of sp³-hybridized carbons (Fsp3) is 0.200. The van der Waals surface area contributed by atoms with Crippen LogP contribution in [0.4, 0.5) is 5.69 Å². The predicted octanol–water partition coefficient (Wildman–Crippen LogP) is 5.24. The van der Waals surface area contributed by atoms with Gasteiger partial charge in [0.05, 0.1) is 12.2 Å². The van der Waals surface area contributed by atoms with E-state index < -0.39 is 4.87 Å². The van der Waals surface area contributed by atoms with Crippen molar-refractivity contribution in [2.24, 2.45) is 0 Å². The van der Waals surface area contributed by atoms with Crippen LogP contribution >= 0.6 is 23.4 Å². The zero-order chi connectivity index (χ0) is 21.6. The summed E-state index contributed by atoms with van der Waals surface area (Å²) in [6.07, 6.45) is 0. The molecule has 0 aromatic heterocycles. The number of fused-ring (bicyclic) bond motifs is 2. The van der Waals surface area contributed by atoms with E-state index >= 15 is 0 Å². The Morgan fingerprint density at radius 1 is 1.06 bits per heavy atom. The number of benzene rings is 3. The molecule has 1 fully saturated rings. The molecule has 1 saturated heterocycles. The minimum atomic E-state index is -1.05. The van der Waals surface area contributed by atoms with E-state index in [1.54, 1.807) is 33.7 Å². The van der Waals surface area contributed by atoms with E-state index in [2.05, 4.69) is 0 Å². The van der Waals surface area contributed by atoms with Gasteiger partial charge in [-0.3, -0.25) is 9.59 Å². The van der Waals surface area contributed by atoms with Crippen LogP contribution in [0.3, 0.4) is 0 Å². The molecule has 0 aliphatic carbocycles. The SMILES string of the molecule is Cc1ccc2c(c1)C1(SCCN1C(=O)c1ccccc1)C(=O)N2Cc1ccccc1Cl. The Balaban J connectivity index is 1.62. The number of carbonyl (C=O) groups excluding carboxylic acids is 2. The van der Waals surface area contributed by atoms with Crippen LogP contribution in [0.5, 0.6) is 0 Å². The summed E-state index contributed by atoms with van der Waals surface area (Å²) < 4.78 is 0. The quantitative estimate of drug-likeness (QED) is 0.550. The minimum absolute atomic E-state index is 0.0835. The number of halogens is 1. The Hall–Kier alpha value is -2.76. The highest BCUT2D eigenvalue weighted by Gasteiger charge is 2.59. The molecule has 4 nitrogen and oxygen atoms in total. The summed E-state index contributed by atoms with van der Waals surface area (Å²) in [5.74, 6) is 0.503. The molecule has 0 N–H and O–H groups in total. The molecule has 31 heavy (non-hydrogen) atoms. The molecule has 2 amide bonds. The molecule has 1 unspecified atom stereocenters. The van der Waals surface area contributed by atoms with E-state index in [9.17, 15) is 9.59 Å². The number of thioether (sulfide) groups is 1. The molecule has 6 heteroatoms. The van der Waals surface area contributed by atoms with Crippen molar-refractivity contribution < 1.29 is 9.59 Å². The summed E-state index contributed by atoms with van der Waals surface area (Å²) in [5.41, 5.74) is 4.26. The van der Waals surface area contributed by atoms with Crippen molar-refractivity contribution in [1.29, 1.82) is 0 Å². The second-order valence-electron chi connectivity index (χ2n) is 7.82. The van der Waals surface area contributed by atoms with Crippen LogP contribution in [0.15, 0.2) is 72.8 Å². The highest BCUT2D eigenvalue weighted by atomic mass is 35.5. The maximum absolute atomic E-state index is 14.0. The highest BCUT2D eigenvalue weighted by Crippen LogP contribution is 2.55. The van der Waals surface area contributed by atoms with Crippen LogP contribution < -0.4 is 4.90 Å². The standard InChI is InChI=1S/C25H21ClN2O2S/c1-17-11-12-22-20(15-17)25(24(30)27(22)16-19-9-5-6-10-21(19)26)28(13-14-31-25)23(29)18-7-3-2-4-8-18/h2-12,15H,13-14,16H2,1H3. The molecule has 5 rings (SSSR count). The van der Waals surface area contributed by atoms with Crippen molar-refractivity contribution in [3.05, 3.63) is 100 Å². The molecule has 1 spiro atoms. The molecule has 3 aromatic rings. The van der Waals surface area contributed by atoms with Crippen LogP contribution in [-0.2, 0) is 16.2 Å². The number of hydrogen-bond donors (Lipinski definition) is 0. The molecular weight excluding hydrogens is 428 g/mol. The van der Waals surface area contributed by atoms with Gasteiger partial charge in [-0.05, 0) is 36.8 Å². The average molecular weight is 449 g/mol. The zero-order valence-electron chi connectivity index (χ0n) is 17.0. The first-order chi connectivity index (χ1) is 15.0. The van der Waals surface area contributed by atoms with Crippen LogP contribution in [0, 0.1) is 6.92 Å². The van der Waals surface area contributed by atoms with Gasteiger partial charge in [0.25, 0.3) is 11.8 Å². The molecule has 0 saturated carbocycles. The molecule has 3 aromatic carbocycles. The molecule has 2 aliphatic heterocycles. The van der Waals surface area contributed by atoms with Crippen molar-refractivity contribution in [1.82, 2.24) is 4.90 Å². The summed E-state index contributed by atoms with van der Waals surface area (Å²) in [7, 11) is 0. The second kappa shape index (κ2) is 7.74. The van der Waals surface area contributed by atoms with Crippen molar-refractivity contribution >= 4 is 40.9 Å². The Kier molecular flexibility index (Phi) is 5.03. The smallest absolute Gasteiger partial charge is 0.268 e. The maximum atomic E-state index is 14.0. The first-order valence-corrected chi connectivity index (χ1v) is 11.6. The van der Waals surface area contributed by atoms with E-state index in [4.69, 9.17) is 11.6 Å². The lowest BCUT2D eigenvalue weighted by atomic mass is 10.0. The average Bonchev–Trinajstić information content (AvgIpc) is 3.32. The fourth-order valence-corrected chi connectivity index (χ4v) is 6.07. The van der Waals surface area contributed by atoms with Crippen molar-refractivity contribution in [3.63, 3.8) is 0 Å². The first-order valence-electron chi connectivity index (χ1n) is 10.2. The van der Waals surface area contributed by atoms with Crippen LogP contribution in [0.2, 0.25) is 5.02 Å². The molecule has 1 atom stereocenters. The Morgan fingerprint density at radius 3 is 2.58 bits per heavy atom. The third kappa shape index (κ3) is 3.15. The van der Waals surface area contributed by atoms with Gasteiger partial charge in [-0.15, -0.1) is 11.8 Å². The zero-order valence-corrected chi connectivity index (χ0v) is 18.6. The number of anilines is 1. The fourth-order valence-electron chi connectivity index (χ4n) is 4.42. The lowest BCUT2D eigenvalue weighted by Gasteiger charge is -2.33. The monoisotopic (exact) mass is 448 g/mol. The summed E-state index contributed by atoms with van der Waals surface area (Å²) in [4.78, 5) is 30.0. The van der Waals surface area contributed by atoms with Crippen LogP contribution in [0.1, 0.15) is 27.0 Å². The lowest BCUT2D eigenvalue weighted by molar-refractivity contribution is -0.123. The molecular formula is C25H21ClN2O2S. The second-order valence-corrected chi connectivity index (χ2v) is 9.51. The topological polar surface area (TPSA) is 40.6 Å². The predicted molar refractivity (Wildman–Crippen MR) is 125 cm³/mol. The number of rotatable bonds is 3. The first kappa shape index (κ1) is 20.2. The van der Waals surface area contributed by atoms with Gasteiger partial charge in [-0.1, -0.05) is 65.7 Å². The summed E-state index contributed by atoms with van der Waals surface area (Å²) >= 11 is 7.95. The number of hydrogen-bond acceptors (Lipinski definition) is 3. The molecule has 2 heterocycles. The maximum Gasteiger partial charge on any atom is 0.268 e. The van der Waals surface area contributed by atoms with Gasteiger partial charge in [-0.2, -0.15) is 0 Å². The van der Waals surface area contributed by atoms with Crippen molar-refractivity contribution in [2.45, 2.75) is 18.3 Å².